The van der Waals surface area contributed by atoms with Crippen molar-refractivity contribution in [1.29, 1.82) is 0 Å². The lowest BCUT2D eigenvalue weighted by Crippen LogP contribution is -2.36. The Balaban J connectivity index is 1.19. The number of pyridine rings is 2. The summed E-state index contributed by atoms with van der Waals surface area (Å²) in [6.07, 6.45) is 10.4. The van der Waals surface area contributed by atoms with Crippen molar-refractivity contribution >= 4 is 52.8 Å². The minimum Gasteiger partial charge on any atom is -0.379 e. The lowest BCUT2D eigenvalue weighted by Gasteiger charge is -2.25. The van der Waals surface area contributed by atoms with Gasteiger partial charge in [0.1, 0.15) is 23.4 Å². The third-order valence-electron chi connectivity index (χ3n) is 7.84. The first-order valence-corrected chi connectivity index (χ1v) is 19.8. The molecule has 0 bridgehead atoms. The lowest BCUT2D eigenvalue weighted by molar-refractivity contribution is 0.0330. The second-order valence-corrected chi connectivity index (χ2v) is 19.1. The summed E-state index contributed by atoms with van der Waals surface area (Å²) in [7, 11) is -1.21. The molecule has 2 aliphatic rings. The first kappa shape index (κ1) is 29.9. The number of rotatable bonds is 12. The second-order valence-electron chi connectivity index (χ2n) is 12.5. The first-order chi connectivity index (χ1) is 20.9. The van der Waals surface area contributed by atoms with Crippen LogP contribution in [0.15, 0.2) is 36.8 Å². The van der Waals surface area contributed by atoms with E-state index < -0.39 is 8.07 Å². The van der Waals surface area contributed by atoms with Gasteiger partial charge in [-0.25, -0.2) is 15.0 Å². The van der Waals surface area contributed by atoms with E-state index in [1.807, 2.05) is 35.5 Å². The largest absolute Gasteiger partial charge is 0.379 e. The first-order valence-electron chi connectivity index (χ1n) is 15.2. The smallest absolute Gasteiger partial charge is 0.215 e. The molecule has 43 heavy (non-hydrogen) atoms. The van der Waals surface area contributed by atoms with Gasteiger partial charge >= 0.3 is 0 Å². The van der Waals surface area contributed by atoms with Crippen LogP contribution in [0, 0.1) is 0 Å². The van der Waals surface area contributed by atoms with Crippen LogP contribution in [0.5, 0.6) is 0 Å². The van der Waals surface area contributed by atoms with Gasteiger partial charge in [-0.1, -0.05) is 43.8 Å². The monoisotopic (exact) mass is 619 g/mol. The summed E-state index contributed by atoms with van der Waals surface area (Å²) in [6, 6.07) is 7.09. The maximum atomic E-state index is 6.20. The van der Waals surface area contributed by atoms with Gasteiger partial charge in [-0.3, -0.25) is 14.8 Å². The molecule has 0 spiro atoms. The van der Waals surface area contributed by atoms with Gasteiger partial charge in [0.15, 0.2) is 0 Å². The van der Waals surface area contributed by atoms with Gasteiger partial charge in [-0.05, 0) is 37.1 Å². The molecule has 0 amide bonds. The van der Waals surface area contributed by atoms with Crippen LogP contribution in [0.4, 0.5) is 22.3 Å². The molecule has 5 heterocycles. The van der Waals surface area contributed by atoms with Gasteiger partial charge in [0.25, 0.3) is 0 Å². The van der Waals surface area contributed by atoms with Crippen LogP contribution >= 0.6 is 11.3 Å². The Labute approximate surface area is 258 Å². The molecule has 0 atom stereocenters. The average Bonchev–Trinajstić information content (AvgIpc) is 3.71. The molecular formula is C30H41N9O2SSi. The Morgan fingerprint density at radius 2 is 1.77 bits per heavy atom. The van der Waals surface area contributed by atoms with E-state index >= 15 is 0 Å². The van der Waals surface area contributed by atoms with Crippen molar-refractivity contribution < 1.29 is 9.47 Å². The summed E-state index contributed by atoms with van der Waals surface area (Å²) in [6.45, 7) is 12.2. The van der Waals surface area contributed by atoms with Crippen LogP contribution in [0.3, 0.4) is 0 Å². The van der Waals surface area contributed by atoms with Crippen LogP contribution in [0.1, 0.15) is 42.4 Å². The minimum atomic E-state index is -1.21. The zero-order chi connectivity index (χ0) is 29.6. The number of hydrogen-bond acceptors (Lipinski definition) is 12. The van der Waals surface area contributed by atoms with Crippen molar-refractivity contribution in [2.75, 3.05) is 49.9 Å². The molecule has 2 fully saturated rings. The van der Waals surface area contributed by atoms with Crippen molar-refractivity contribution in [3.8, 4) is 0 Å². The molecule has 1 aliphatic carbocycles. The number of anilines is 4. The van der Waals surface area contributed by atoms with Crippen molar-refractivity contribution in [2.24, 2.45) is 0 Å². The summed E-state index contributed by atoms with van der Waals surface area (Å²) < 4.78 is 11.6. The fraction of sp³-hybridized carbons (Fsp3) is 0.533. The standard InChI is InChI=1S/C30H41N9O2SSi/c1-43(2,3)15-14-41-21-39(30-37-36-29(42-30)22-6-4-5-7-22)28-9-8-25-26(35-28)16-23(17-31-25)34-24-18-32-27(33-19-24)20-38-10-12-40-13-11-38/h8-9,16-19,22,34H,4-7,10-15,20-21H2,1-3H3. The average molecular weight is 620 g/mol. The fourth-order valence-electron chi connectivity index (χ4n) is 5.27. The zero-order valence-electron chi connectivity index (χ0n) is 25.3. The molecule has 228 valence electrons. The highest BCUT2D eigenvalue weighted by Gasteiger charge is 2.24. The molecule has 0 unspecified atom stereocenters. The van der Waals surface area contributed by atoms with Crippen molar-refractivity contribution in [2.45, 2.75) is 63.8 Å². The van der Waals surface area contributed by atoms with Crippen molar-refractivity contribution in [1.82, 2.24) is 35.0 Å². The van der Waals surface area contributed by atoms with Gasteiger partial charge in [-0.15, -0.1) is 10.2 Å². The van der Waals surface area contributed by atoms with E-state index in [-0.39, 0.29) is 0 Å². The molecule has 1 saturated heterocycles. The Morgan fingerprint density at radius 3 is 2.53 bits per heavy atom. The van der Waals surface area contributed by atoms with Crippen LogP contribution < -0.4 is 10.2 Å². The molecule has 1 saturated carbocycles. The van der Waals surface area contributed by atoms with E-state index in [2.05, 4.69) is 55.0 Å². The molecular weight excluding hydrogens is 579 g/mol. The number of hydrogen-bond donors (Lipinski definition) is 1. The molecule has 13 heteroatoms. The van der Waals surface area contributed by atoms with Gasteiger partial charge in [-0.2, -0.15) is 0 Å². The predicted molar refractivity (Wildman–Crippen MR) is 173 cm³/mol. The van der Waals surface area contributed by atoms with E-state index in [0.29, 0.717) is 12.6 Å². The van der Waals surface area contributed by atoms with Crippen LogP contribution in [-0.4, -0.2) is 82.7 Å². The third-order valence-corrected chi connectivity index (χ3v) is 10.7. The maximum Gasteiger partial charge on any atom is 0.215 e. The van der Waals surface area contributed by atoms with Crippen molar-refractivity contribution in [3.05, 3.63) is 47.6 Å². The third kappa shape index (κ3) is 8.09. The Morgan fingerprint density at radius 1 is 1.00 bits per heavy atom. The van der Waals surface area contributed by atoms with E-state index in [4.69, 9.17) is 14.5 Å². The highest BCUT2D eigenvalue weighted by molar-refractivity contribution is 7.15. The Hall–Kier alpha value is -3.10. The SMILES string of the molecule is C[Si](C)(C)CCOCN(c1ccc2ncc(Nc3cnc(CN4CCOCC4)nc3)cc2n1)c1nnc(C2CCCC2)s1. The summed E-state index contributed by atoms with van der Waals surface area (Å²) in [5.41, 5.74) is 3.21. The lowest BCUT2D eigenvalue weighted by atomic mass is 10.1. The number of nitrogens with one attached hydrogen (secondary N) is 1. The molecule has 4 aromatic heterocycles. The number of morpholine rings is 1. The number of nitrogens with zero attached hydrogens (tertiary/aromatic N) is 8. The molecule has 6 rings (SSSR count). The second kappa shape index (κ2) is 13.7. The van der Waals surface area contributed by atoms with Gasteiger partial charge in [0.05, 0.1) is 60.8 Å². The predicted octanol–water partition coefficient (Wildman–Crippen LogP) is 5.96. The van der Waals surface area contributed by atoms with Gasteiger partial charge < -0.3 is 14.8 Å². The van der Waals surface area contributed by atoms with E-state index in [0.717, 1.165) is 89.7 Å². The highest BCUT2D eigenvalue weighted by Crippen LogP contribution is 2.38. The van der Waals surface area contributed by atoms with Crippen LogP contribution in [0.25, 0.3) is 11.0 Å². The number of fused-ring (bicyclic) bond motifs is 1. The van der Waals surface area contributed by atoms with E-state index in [9.17, 15) is 0 Å². The molecule has 4 aromatic rings. The van der Waals surface area contributed by atoms with Crippen LogP contribution in [0.2, 0.25) is 25.7 Å². The molecule has 0 radical (unpaired) electrons. The fourth-order valence-corrected chi connectivity index (χ4v) is 7.03. The highest BCUT2D eigenvalue weighted by atomic mass is 32.1. The minimum absolute atomic E-state index is 0.377. The summed E-state index contributed by atoms with van der Waals surface area (Å²) in [4.78, 5) is 23.1. The van der Waals surface area contributed by atoms with Crippen LogP contribution in [-0.2, 0) is 16.0 Å². The molecule has 1 N–H and O–H groups in total. The zero-order valence-corrected chi connectivity index (χ0v) is 27.1. The number of ether oxygens (including phenoxy) is 2. The van der Waals surface area contributed by atoms with Gasteiger partial charge in [0.2, 0.25) is 5.13 Å². The summed E-state index contributed by atoms with van der Waals surface area (Å²) >= 11 is 1.66. The van der Waals surface area contributed by atoms with Crippen molar-refractivity contribution in [3.63, 3.8) is 0 Å². The summed E-state index contributed by atoms with van der Waals surface area (Å²) in [5, 5.41) is 14.5. The topological polar surface area (TPSA) is 114 Å². The Kier molecular flexibility index (Phi) is 9.53. The number of aromatic nitrogens is 6. The van der Waals surface area contributed by atoms with Gasteiger partial charge in [0, 0.05) is 33.7 Å². The quantitative estimate of drug-likeness (QED) is 0.115. The summed E-state index contributed by atoms with van der Waals surface area (Å²) in [5.74, 6) is 2.08. The normalized spacial score (nSPS) is 16.6. The molecule has 0 aromatic carbocycles. The van der Waals surface area contributed by atoms with E-state index in [1.54, 1.807) is 17.5 Å². The maximum absolute atomic E-state index is 6.20. The molecule has 11 nitrogen and oxygen atoms in total. The Bertz CT molecular complexity index is 1490. The molecule has 1 aliphatic heterocycles. The van der Waals surface area contributed by atoms with E-state index in [1.165, 1.54) is 25.7 Å².